The van der Waals surface area contributed by atoms with E-state index in [9.17, 15) is 27.9 Å². The molecule has 2 fully saturated rings. The maximum Gasteiger partial charge on any atom is 0.573 e. The average molecular weight is 635 g/mol. The van der Waals surface area contributed by atoms with Gasteiger partial charge in [0.25, 0.3) is 5.91 Å². The van der Waals surface area contributed by atoms with Crippen molar-refractivity contribution in [3.8, 4) is 17.0 Å². The smallest absolute Gasteiger partial charge is 0.479 e. The first-order valence-corrected chi connectivity index (χ1v) is 15.0. The van der Waals surface area contributed by atoms with Crippen LogP contribution in [0.25, 0.3) is 11.3 Å². The molecule has 11 nitrogen and oxygen atoms in total. The Morgan fingerprint density at radius 1 is 1.16 bits per heavy atom. The summed E-state index contributed by atoms with van der Waals surface area (Å²) < 4.78 is 48.4. The Kier molecular flexibility index (Phi) is 9.09. The molecule has 0 aliphatic carbocycles. The number of halogens is 3. The minimum absolute atomic E-state index is 0.0467. The number of thiazole rings is 1. The van der Waals surface area contributed by atoms with Gasteiger partial charge in [-0.25, -0.2) is 19.7 Å². The molecular formula is C29H33F3N6O5S. The third-order valence-corrected chi connectivity index (χ3v) is 9.01. The van der Waals surface area contributed by atoms with Gasteiger partial charge >= 0.3 is 12.3 Å². The second-order valence-electron chi connectivity index (χ2n) is 11.0. The molecule has 15 heteroatoms. The van der Waals surface area contributed by atoms with Gasteiger partial charge in [-0.2, -0.15) is 0 Å². The third-order valence-electron chi connectivity index (χ3n) is 8.06. The van der Waals surface area contributed by atoms with Crippen LogP contribution in [0.1, 0.15) is 53.5 Å². The number of likely N-dealkylation sites (tertiary alicyclic amines) is 1. The van der Waals surface area contributed by atoms with E-state index in [1.165, 1.54) is 43.0 Å². The van der Waals surface area contributed by atoms with Crippen molar-refractivity contribution in [2.24, 2.45) is 0 Å². The molecule has 2 aliphatic heterocycles. The number of benzene rings is 1. The predicted molar refractivity (Wildman–Crippen MR) is 157 cm³/mol. The van der Waals surface area contributed by atoms with Crippen LogP contribution in [-0.2, 0) is 16.1 Å². The van der Waals surface area contributed by atoms with Gasteiger partial charge in [0.1, 0.15) is 17.3 Å². The number of rotatable bonds is 9. The van der Waals surface area contributed by atoms with Gasteiger partial charge in [0.15, 0.2) is 10.7 Å². The summed E-state index contributed by atoms with van der Waals surface area (Å²) in [4.78, 5) is 43.0. The molecule has 5 rings (SSSR count). The minimum Gasteiger partial charge on any atom is -0.479 e. The van der Waals surface area contributed by atoms with Crippen molar-refractivity contribution >= 4 is 34.2 Å². The van der Waals surface area contributed by atoms with Gasteiger partial charge < -0.3 is 19.5 Å². The molecule has 1 aromatic carbocycles. The van der Waals surface area contributed by atoms with Crippen molar-refractivity contribution < 1.29 is 37.3 Å². The van der Waals surface area contributed by atoms with Crippen LogP contribution in [0.5, 0.6) is 5.75 Å². The molecule has 236 valence electrons. The number of amides is 1. The Morgan fingerprint density at radius 3 is 2.50 bits per heavy atom. The van der Waals surface area contributed by atoms with Gasteiger partial charge in [0.2, 0.25) is 0 Å². The first-order chi connectivity index (χ1) is 20.9. The lowest BCUT2D eigenvalue weighted by Gasteiger charge is -2.38. The fourth-order valence-corrected chi connectivity index (χ4v) is 6.60. The molecule has 1 atom stereocenters. The molecular weight excluding hydrogens is 601 g/mol. The van der Waals surface area contributed by atoms with Crippen LogP contribution in [0.3, 0.4) is 0 Å². The second-order valence-corrected chi connectivity index (χ2v) is 12.1. The molecule has 0 unspecified atom stereocenters. The molecule has 0 bridgehead atoms. The SMILES string of the molecule is COC1(C(=O)O)CCN(c2cnc(C(=O)Nc3nc(-c4cc(C)cc(OC(F)(F)F)c4)c(CN4CCC[C@H]4C)s3)cn2)CC1. The van der Waals surface area contributed by atoms with Crippen molar-refractivity contribution in [3.63, 3.8) is 0 Å². The topological polar surface area (TPSA) is 130 Å². The number of nitrogens with zero attached hydrogens (tertiary/aromatic N) is 5. The molecule has 0 radical (unpaired) electrons. The number of carboxylic acid groups (broad SMARTS) is 1. The van der Waals surface area contributed by atoms with Crippen molar-refractivity contribution in [3.05, 3.63) is 46.7 Å². The quantitative estimate of drug-likeness (QED) is 0.327. The van der Waals surface area contributed by atoms with Crippen LogP contribution in [-0.4, -0.2) is 81.6 Å². The highest BCUT2D eigenvalue weighted by Crippen LogP contribution is 2.37. The number of methoxy groups -OCH3 is 1. The Balaban J connectivity index is 1.34. The first kappa shape index (κ1) is 31.6. The number of aryl methyl sites for hydroxylation is 1. The van der Waals surface area contributed by atoms with Gasteiger partial charge in [-0.15, -0.1) is 13.2 Å². The number of carbonyl (C=O) groups excluding carboxylic acids is 1. The van der Waals surface area contributed by atoms with E-state index in [0.29, 0.717) is 48.3 Å². The highest BCUT2D eigenvalue weighted by atomic mass is 32.1. The monoisotopic (exact) mass is 634 g/mol. The molecule has 0 spiro atoms. The number of piperidine rings is 1. The summed E-state index contributed by atoms with van der Waals surface area (Å²) in [5, 5.41) is 12.6. The Morgan fingerprint density at radius 2 is 1.91 bits per heavy atom. The van der Waals surface area contributed by atoms with E-state index >= 15 is 0 Å². The zero-order chi connectivity index (χ0) is 31.6. The standard InChI is InChI=1S/C29H33F3N6O5S/c1-17-11-19(13-20(12-17)43-29(30,31)32)24-22(16-38-8-4-5-18(38)2)44-27(35-24)36-25(39)21-14-34-23(15-33-21)37-9-6-28(42-3,7-10-37)26(40)41/h11-15,18H,4-10,16H2,1-3H3,(H,40,41)(H,35,36,39)/t18-/m1/s1. The molecule has 44 heavy (non-hydrogen) atoms. The fraction of sp³-hybridized carbons (Fsp3) is 0.483. The zero-order valence-corrected chi connectivity index (χ0v) is 25.3. The zero-order valence-electron chi connectivity index (χ0n) is 24.5. The van der Waals surface area contributed by atoms with E-state index in [1.54, 1.807) is 13.0 Å². The van der Waals surface area contributed by atoms with E-state index in [1.807, 2.05) is 4.90 Å². The van der Waals surface area contributed by atoms with Gasteiger partial charge in [0, 0.05) is 56.1 Å². The molecule has 2 N–H and O–H groups in total. The van der Waals surface area contributed by atoms with Crippen LogP contribution in [0.15, 0.2) is 30.6 Å². The number of anilines is 2. The minimum atomic E-state index is -4.84. The molecule has 2 aromatic heterocycles. The summed E-state index contributed by atoms with van der Waals surface area (Å²) in [6, 6.07) is 4.68. The third kappa shape index (κ3) is 7.11. The maximum atomic E-state index is 13.1. The average Bonchev–Trinajstić information content (AvgIpc) is 3.57. The number of nitrogens with one attached hydrogen (secondary N) is 1. The summed E-state index contributed by atoms with van der Waals surface area (Å²) in [6.45, 7) is 6.02. The number of hydrogen-bond acceptors (Lipinski definition) is 10. The summed E-state index contributed by atoms with van der Waals surface area (Å²) in [5.74, 6) is -1.38. The molecule has 2 aliphatic rings. The number of carboxylic acids is 1. The predicted octanol–water partition coefficient (Wildman–Crippen LogP) is 5.11. The lowest BCUT2D eigenvalue weighted by Crippen LogP contribution is -2.51. The highest BCUT2D eigenvalue weighted by molar-refractivity contribution is 7.16. The van der Waals surface area contributed by atoms with Crippen molar-refractivity contribution in [1.82, 2.24) is 19.9 Å². The van der Waals surface area contributed by atoms with Gasteiger partial charge in [-0.3, -0.25) is 15.0 Å². The van der Waals surface area contributed by atoms with E-state index in [0.717, 1.165) is 24.3 Å². The number of hydrogen-bond donors (Lipinski definition) is 2. The Bertz CT molecular complexity index is 1510. The highest BCUT2D eigenvalue weighted by Gasteiger charge is 2.42. The van der Waals surface area contributed by atoms with E-state index in [2.05, 4.69) is 36.8 Å². The van der Waals surface area contributed by atoms with E-state index in [-0.39, 0.29) is 29.4 Å². The lowest BCUT2D eigenvalue weighted by atomic mass is 9.91. The normalized spacial score (nSPS) is 18.8. The van der Waals surface area contributed by atoms with E-state index in [4.69, 9.17) is 4.74 Å². The Hall–Kier alpha value is -3.82. The van der Waals surface area contributed by atoms with Crippen molar-refractivity contribution in [2.75, 3.05) is 37.0 Å². The molecule has 1 amide bonds. The summed E-state index contributed by atoms with van der Waals surface area (Å²) in [5.41, 5.74) is 0.313. The molecule has 0 saturated carbocycles. The second kappa shape index (κ2) is 12.7. The van der Waals surface area contributed by atoms with Crippen LogP contribution in [0.2, 0.25) is 0 Å². The number of aliphatic carboxylic acids is 1. The summed E-state index contributed by atoms with van der Waals surface area (Å²) in [6.07, 6.45) is 0.603. The maximum absolute atomic E-state index is 13.1. The molecule has 2 saturated heterocycles. The molecule has 3 aromatic rings. The van der Waals surface area contributed by atoms with Crippen LogP contribution in [0, 0.1) is 6.92 Å². The largest absolute Gasteiger partial charge is 0.573 e. The van der Waals surface area contributed by atoms with Crippen molar-refractivity contribution in [1.29, 1.82) is 0 Å². The first-order valence-electron chi connectivity index (χ1n) is 14.1. The van der Waals surface area contributed by atoms with Crippen LogP contribution in [0.4, 0.5) is 24.1 Å². The number of ether oxygens (including phenoxy) is 2. The summed E-state index contributed by atoms with van der Waals surface area (Å²) >= 11 is 1.26. The van der Waals surface area contributed by atoms with Crippen LogP contribution >= 0.6 is 11.3 Å². The lowest BCUT2D eigenvalue weighted by molar-refractivity contribution is -0.274. The van der Waals surface area contributed by atoms with Gasteiger partial charge in [-0.05, 0) is 57.0 Å². The Labute approximate surface area is 256 Å². The molecule has 4 heterocycles. The van der Waals surface area contributed by atoms with Crippen LogP contribution < -0.4 is 15.0 Å². The summed E-state index contributed by atoms with van der Waals surface area (Å²) in [7, 11) is 1.39. The van der Waals surface area contributed by atoms with E-state index < -0.39 is 23.8 Å². The number of alkyl halides is 3. The van der Waals surface area contributed by atoms with Gasteiger partial charge in [-0.1, -0.05) is 11.3 Å². The van der Waals surface area contributed by atoms with Gasteiger partial charge in [0.05, 0.1) is 18.1 Å². The van der Waals surface area contributed by atoms with Crippen molar-refractivity contribution in [2.45, 2.75) is 64.1 Å². The number of aromatic nitrogens is 3. The number of carbonyl (C=O) groups is 2. The fourth-order valence-electron chi connectivity index (χ4n) is 5.59.